The minimum atomic E-state index is -0.494. The number of benzene rings is 8. The Morgan fingerprint density at radius 1 is 0.370 bits per heavy atom. The number of rotatable bonds is 5. The molecular formula is C52H34N2. The molecule has 2 heteroatoms. The second-order valence-electron chi connectivity index (χ2n) is 14.3. The maximum Gasteiger partial charge on any atom is 0.138 e. The summed E-state index contributed by atoms with van der Waals surface area (Å²) in [5.41, 5.74) is 13.9. The zero-order valence-electron chi connectivity index (χ0n) is 29.5. The average molecular weight is 687 g/mol. The third kappa shape index (κ3) is 4.44. The van der Waals surface area contributed by atoms with Gasteiger partial charge in [0.05, 0.1) is 22.1 Å². The Labute approximate surface area is 314 Å². The molecule has 2 aromatic heterocycles. The number of pyridine rings is 1. The predicted octanol–water partition coefficient (Wildman–Crippen LogP) is 13.0. The van der Waals surface area contributed by atoms with Crippen LogP contribution in [0.4, 0.5) is 0 Å². The van der Waals surface area contributed by atoms with Crippen molar-refractivity contribution >= 4 is 32.6 Å². The van der Waals surface area contributed by atoms with Crippen molar-refractivity contribution in [2.45, 2.75) is 5.41 Å². The van der Waals surface area contributed by atoms with Gasteiger partial charge in [-0.05, 0) is 74.2 Å². The molecule has 10 aromatic rings. The lowest BCUT2D eigenvalue weighted by molar-refractivity contribution is 0.769. The van der Waals surface area contributed by atoms with Crippen LogP contribution in [-0.4, -0.2) is 9.55 Å². The van der Waals surface area contributed by atoms with E-state index in [0.717, 1.165) is 38.9 Å². The fraction of sp³-hybridized carbons (Fsp3) is 0.0192. The van der Waals surface area contributed by atoms with E-state index in [1.165, 1.54) is 55.3 Å². The molecule has 2 nitrogen and oxygen atoms in total. The molecule has 2 heterocycles. The topological polar surface area (TPSA) is 17.8 Å². The second kappa shape index (κ2) is 12.0. The van der Waals surface area contributed by atoms with Gasteiger partial charge < -0.3 is 0 Å². The summed E-state index contributed by atoms with van der Waals surface area (Å²) >= 11 is 0. The van der Waals surface area contributed by atoms with Gasteiger partial charge in [-0.15, -0.1) is 0 Å². The minimum Gasteiger partial charge on any atom is -0.294 e. The summed E-state index contributed by atoms with van der Waals surface area (Å²) in [6.45, 7) is 0. The largest absolute Gasteiger partial charge is 0.294 e. The SMILES string of the molecule is c1ccc(-c2ccc(-c3nc(-n4c5ccccc5c5cc6c(cc54)C(c4ccccc4)(c4ccccc4)c4ccccc4-6)cc4ccccc34)cc2)cc1. The smallest absolute Gasteiger partial charge is 0.138 e. The normalized spacial score (nSPS) is 13.0. The van der Waals surface area contributed by atoms with Crippen LogP contribution in [0.25, 0.3) is 71.9 Å². The highest BCUT2D eigenvalue weighted by molar-refractivity contribution is 6.12. The van der Waals surface area contributed by atoms with Crippen molar-refractivity contribution in [1.29, 1.82) is 0 Å². The Balaban J connectivity index is 1.21. The number of nitrogens with zero attached hydrogens (tertiary/aromatic N) is 2. The van der Waals surface area contributed by atoms with Crippen molar-refractivity contribution in [3.63, 3.8) is 0 Å². The highest BCUT2D eigenvalue weighted by Gasteiger charge is 2.46. The van der Waals surface area contributed by atoms with Crippen LogP contribution in [0.15, 0.2) is 206 Å². The molecule has 0 saturated carbocycles. The summed E-state index contributed by atoms with van der Waals surface area (Å²) < 4.78 is 2.39. The molecule has 0 spiro atoms. The highest BCUT2D eigenvalue weighted by Crippen LogP contribution is 2.57. The zero-order chi connectivity index (χ0) is 35.6. The first-order valence-electron chi connectivity index (χ1n) is 18.6. The van der Waals surface area contributed by atoms with Crippen LogP contribution in [-0.2, 0) is 5.41 Å². The molecule has 11 rings (SSSR count). The maximum absolute atomic E-state index is 5.56. The molecule has 252 valence electrons. The van der Waals surface area contributed by atoms with Gasteiger partial charge in [-0.2, -0.15) is 0 Å². The Morgan fingerprint density at radius 3 is 1.69 bits per heavy atom. The zero-order valence-corrected chi connectivity index (χ0v) is 29.5. The van der Waals surface area contributed by atoms with Crippen LogP contribution in [0.2, 0.25) is 0 Å². The highest BCUT2D eigenvalue weighted by atomic mass is 15.1. The van der Waals surface area contributed by atoms with E-state index in [0.29, 0.717) is 0 Å². The molecule has 0 unspecified atom stereocenters. The van der Waals surface area contributed by atoms with Crippen LogP contribution in [0, 0.1) is 0 Å². The van der Waals surface area contributed by atoms with E-state index in [2.05, 4.69) is 211 Å². The van der Waals surface area contributed by atoms with Crippen molar-refractivity contribution < 1.29 is 0 Å². The van der Waals surface area contributed by atoms with E-state index < -0.39 is 5.41 Å². The summed E-state index contributed by atoms with van der Waals surface area (Å²) in [5.74, 6) is 0.905. The van der Waals surface area contributed by atoms with E-state index in [4.69, 9.17) is 4.98 Å². The van der Waals surface area contributed by atoms with Crippen LogP contribution >= 0.6 is 0 Å². The van der Waals surface area contributed by atoms with Gasteiger partial charge in [0.15, 0.2) is 0 Å². The summed E-state index contributed by atoms with van der Waals surface area (Å²) in [7, 11) is 0. The standard InChI is InChI=1S/C52H34N2/c1-4-16-35(17-5-1)36-28-30-37(31-29-36)51-41-23-11-10-18-38(41)32-50(53-51)54-48-27-15-13-25-43(48)45-33-44-42-24-12-14-26-46(42)52(47(44)34-49(45)54,39-19-6-2-7-20-39)40-21-8-3-9-22-40/h1-34H. The summed E-state index contributed by atoms with van der Waals surface area (Å²) in [4.78, 5) is 5.56. The van der Waals surface area contributed by atoms with Gasteiger partial charge in [-0.1, -0.05) is 182 Å². The van der Waals surface area contributed by atoms with Crippen LogP contribution in [0.3, 0.4) is 0 Å². The first-order chi connectivity index (χ1) is 26.8. The molecule has 1 aliphatic carbocycles. The number of hydrogen-bond donors (Lipinski definition) is 0. The van der Waals surface area contributed by atoms with Crippen molar-refractivity contribution in [2.75, 3.05) is 0 Å². The van der Waals surface area contributed by atoms with Gasteiger partial charge in [-0.25, -0.2) is 4.98 Å². The lowest BCUT2D eigenvalue weighted by atomic mass is 9.67. The number of aromatic nitrogens is 2. The van der Waals surface area contributed by atoms with Gasteiger partial charge in [0.25, 0.3) is 0 Å². The van der Waals surface area contributed by atoms with E-state index in [9.17, 15) is 0 Å². The van der Waals surface area contributed by atoms with E-state index in [1.54, 1.807) is 0 Å². The molecule has 0 fully saturated rings. The van der Waals surface area contributed by atoms with Crippen LogP contribution in [0.5, 0.6) is 0 Å². The van der Waals surface area contributed by atoms with Gasteiger partial charge in [-0.3, -0.25) is 4.57 Å². The fourth-order valence-electron chi connectivity index (χ4n) is 9.12. The number of hydrogen-bond acceptors (Lipinski definition) is 1. The number of para-hydroxylation sites is 1. The molecule has 1 aliphatic rings. The fourth-order valence-corrected chi connectivity index (χ4v) is 9.12. The Bertz CT molecular complexity index is 2970. The monoisotopic (exact) mass is 686 g/mol. The molecule has 8 aromatic carbocycles. The van der Waals surface area contributed by atoms with Crippen molar-refractivity contribution in [1.82, 2.24) is 9.55 Å². The summed E-state index contributed by atoms with van der Waals surface area (Å²) in [5, 5.41) is 4.73. The van der Waals surface area contributed by atoms with Gasteiger partial charge in [0.2, 0.25) is 0 Å². The van der Waals surface area contributed by atoms with Gasteiger partial charge >= 0.3 is 0 Å². The Kier molecular flexibility index (Phi) is 6.80. The molecule has 0 saturated heterocycles. The van der Waals surface area contributed by atoms with Crippen LogP contribution in [0.1, 0.15) is 22.3 Å². The van der Waals surface area contributed by atoms with E-state index in [1.807, 2.05) is 0 Å². The first kappa shape index (κ1) is 30.6. The van der Waals surface area contributed by atoms with Crippen molar-refractivity contribution in [3.05, 3.63) is 229 Å². The maximum atomic E-state index is 5.56. The third-order valence-corrected chi connectivity index (χ3v) is 11.5. The predicted molar refractivity (Wildman–Crippen MR) is 224 cm³/mol. The average Bonchev–Trinajstić information content (AvgIpc) is 3.73. The lowest BCUT2D eigenvalue weighted by Gasteiger charge is -2.34. The lowest BCUT2D eigenvalue weighted by Crippen LogP contribution is -2.28. The quantitative estimate of drug-likeness (QED) is 0.176. The molecule has 0 radical (unpaired) electrons. The van der Waals surface area contributed by atoms with Gasteiger partial charge in [0, 0.05) is 21.7 Å². The molecule has 54 heavy (non-hydrogen) atoms. The van der Waals surface area contributed by atoms with E-state index in [-0.39, 0.29) is 0 Å². The number of fused-ring (bicyclic) bond motifs is 7. The summed E-state index contributed by atoms with van der Waals surface area (Å²) in [6.07, 6.45) is 0. The minimum absolute atomic E-state index is 0.494. The first-order valence-corrected chi connectivity index (χ1v) is 18.6. The Hall–Kier alpha value is -7.03. The third-order valence-electron chi connectivity index (χ3n) is 11.5. The molecule has 0 amide bonds. The molecule has 0 aliphatic heterocycles. The molecular weight excluding hydrogens is 653 g/mol. The Morgan fingerprint density at radius 2 is 0.944 bits per heavy atom. The van der Waals surface area contributed by atoms with Gasteiger partial charge in [0.1, 0.15) is 5.82 Å². The molecule has 0 bridgehead atoms. The van der Waals surface area contributed by atoms with Crippen molar-refractivity contribution in [2.24, 2.45) is 0 Å². The molecule has 0 N–H and O–H groups in total. The second-order valence-corrected chi connectivity index (χ2v) is 14.3. The van der Waals surface area contributed by atoms with Crippen molar-refractivity contribution in [3.8, 4) is 39.3 Å². The molecule has 0 atom stereocenters. The summed E-state index contributed by atoms with van der Waals surface area (Å²) in [6, 6.07) is 75.0. The van der Waals surface area contributed by atoms with E-state index >= 15 is 0 Å². The van der Waals surface area contributed by atoms with Crippen LogP contribution < -0.4 is 0 Å².